The highest BCUT2D eigenvalue weighted by Gasteiger charge is 2.11. The molecule has 0 atom stereocenters. The maximum absolute atomic E-state index is 13.3. The van der Waals surface area contributed by atoms with Crippen LogP contribution in [-0.4, -0.2) is 19.9 Å². The molecular weight excluding hydrogens is 389 g/mol. The molecule has 0 spiro atoms. The molecule has 2 N–H and O–H groups in total. The minimum absolute atomic E-state index is 0.0512. The number of nitrogens with one attached hydrogen (secondary N) is 2. The third kappa shape index (κ3) is 3.62. The molecule has 1 aromatic carbocycles. The lowest BCUT2D eigenvalue weighted by Gasteiger charge is -2.08. The number of aromatic nitrogens is 4. The standard InChI is InChI=1S/C18H13ClFN5OS/c19-14-9-12(1-3-15(14)20)16-4-2-13(26-16)10-22-25-17(23-24-18(25)27)11-5-7-21-8-6-11/h1-9,22H,10H2,(H,24,27). The maximum Gasteiger partial charge on any atom is 0.214 e. The number of H-pyrrole nitrogens is 1. The van der Waals surface area contributed by atoms with Crippen molar-refractivity contribution in [1.82, 2.24) is 19.9 Å². The molecule has 4 rings (SSSR count). The minimum atomic E-state index is -0.466. The zero-order chi connectivity index (χ0) is 18.8. The van der Waals surface area contributed by atoms with Crippen LogP contribution in [0.2, 0.25) is 5.02 Å². The summed E-state index contributed by atoms with van der Waals surface area (Å²) in [5.41, 5.74) is 4.75. The van der Waals surface area contributed by atoms with Crippen LogP contribution in [0, 0.1) is 10.6 Å². The first kappa shape index (κ1) is 17.4. The minimum Gasteiger partial charge on any atom is -0.459 e. The molecule has 0 saturated heterocycles. The first-order chi connectivity index (χ1) is 13.1. The molecule has 136 valence electrons. The highest BCUT2D eigenvalue weighted by Crippen LogP contribution is 2.26. The number of furan rings is 1. The average Bonchev–Trinajstić information content (AvgIpc) is 3.30. The van der Waals surface area contributed by atoms with Gasteiger partial charge in [0, 0.05) is 23.5 Å². The van der Waals surface area contributed by atoms with Crippen LogP contribution in [0.15, 0.2) is 59.3 Å². The van der Waals surface area contributed by atoms with Crippen LogP contribution in [0.25, 0.3) is 22.7 Å². The van der Waals surface area contributed by atoms with Gasteiger partial charge < -0.3 is 9.84 Å². The van der Waals surface area contributed by atoms with Crippen LogP contribution < -0.4 is 5.43 Å². The van der Waals surface area contributed by atoms with Gasteiger partial charge >= 0.3 is 0 Å². The van der Waals surface area contributed by atoms with Crippen molar-refractivity contribution in [2.45, 2.75) is 6.54 Å². The third-order valence-corrected chi connectivity index (χ3v) is 4.45. The van der Waals surface area contributed by atoms with Crippen molar-refractivity contribution < 1.29 is 8.81 Å². The lowest BCUT2D eigenvalue weighted by atomic mass is 10.2. The van der Waals surface area contributed by atoms with Gasteiger partial charge in [-0.15, -0.1) is 0 Å². The predicted molar refractivity (Wildman–Crippen MR) is 103 cm³/mol. The van der Waals surface area contributed by atoms with Crippen molar-refractivity contribution in [2.24, 2.45) is 0 Å². The SMILES string of the molecule is Fc1ccc(-c2ccc(CNn3c(-c4ccncc4)n[nH]c3=S)o2)cc1Cl. The predicted octanol–water partition coefficient (Wildman–Crippen LogP) is 4.80. The Morgan fingerprint density at radius 1 is 1.15 bits per heavy atom. The molecule has 9 heteroatoms. The first-order valence-corrected chi connectivity index (χ1v) is 8.76. The molecule has 0 aliphatic heterocycles. The Labute approximate surface area is 163 Å². The number of rotatable bonds is 5. The number of benzene rings is 1. The fourth-order valence-corrected chi connectivity index (χ4v) is 2.95. The third-order valence-electron chi connectivity index (χ3n) is 3.89. The molecule has 0 amide bonds. The molecule has 6 nitrogen and oxygen atoms in total. The van der Waals surface area contributed by atoms with E-state index in [9.17, 15) is 4.39 Å². The number of nitrogens with zero attached hydrogens (tertiary/aromatic N) is 3. The van der Waals surface area contributed by atoms with Crippen LogP contribution in [-0.2, 0) is 6.54 Å². The van der Waals surface area contributed by atoms with E-state index in [0.717, 1.165) is 5.56 Å². The second-order valence-corrected chi connectivity index (χ2v) is 6.45. The zero-order valence-electron chi connectivity index (χ0n) is 13.8. The average molecular weight is 402 g/mol. The van der Waals surface area contributed by atoms with Gasteiger partial charge in [0.15, 0.2) is 5.82 Å². The Bertz CT molecular complexity index is 1140. The summed E-state index contributed by atoms with van der Waals surface area (Å²) in [4.78, 5) is 4.00. The topological polar surface area (TPSA) is 71.7 Å². The largest absolute Gasteiger partial charge is 0.459 e. The van der Waals surface area contributed by atoms with Gasteiger partial charge in [0.25, 0.3) is 0 Å². The summed E-state index contributed by atoms with van der Waals surface area (Å²) in [7, 11) is 0. The molecule has 0 aliphatic carbocycles. The van der Waals surface area contributed by atoms with Gasteiger partial charge in [0.2, 0.25) is 4.77 Å². The highest BCUT2D eigenvalue weighted by molar-refractivity contribution is 7.71. The Hall–Kier alpha value is -2.97. The van der Waals surface area contributed by atoms with Crippen LogP contribution in [0.1, 0.15) is 5.76 Å². The van der Waals surface area contributed by atoms with E-state index in [2.05, 4.69) is 20.6 Å². The van der Waals surface area contributed by atoms with Crippen LogP contribution in [0.3, 0.4) is 0 Å². The van der Waals surface area contributed by atoms with Gasteiger partial charge in [-0.3, -0.25) is 4.98 Å². The van der Waals surface area contributed by atoms with Gasteiger partial charge in [-0.1, -0.05) is 11.6 Å². The summed E-state index contributed by atoms with van der Waals surface area (Å²) in [6, 6.07) is 11.8. The maximum atomic E-state index is 13.3. The lowest BCUT2D eigenvalue weighted by molar-refractivity contribution is 0.522. The fourth-order valence-electron chi connectivity index (χ4n) is 2.57. The summed E-state index contributed by atoms with van der Waals surface area (Å²) in [5, 5.41) is 7.06. The van der Waals surface area contributed by atoms with Gasteiger partial charge in [0.1, 0.15) is 17.3 Å². The van der Waals surface area contributed by atoms with Gasteiger partial charge in [-0.25, -0.2) is 14.2 Å². The normalized spacial score (nSPS) is 10.9. The van der Waals surface area contributed by atoms with Crippen LogP contribution in [0.5, 0.6) is 0 Å². The smallest absolute Gasteiger partial charge is 0.214 e. The fraction of sp³-hybridized carbons (Fsp3) is 0.0556. The number of aromatic amines is 1. The monoisotopic (exact) mass is 401 g/mol. The van der Waals surface area contributed by atoms with E-state index >= 15 is 0 Å². The summed E-state index contributed by atoms with van der Waals surface area (Å²) >= 11 is 11.1. The van der Waals surface area contributed by atoms with E-state index in [1.54, 1.807) is 29.2 Å². The number of hydrogen-bond donors (Lipinski definition) is 2. The van der Waals surface area contributed by atoms with Crippen molar-refractivity contribution in [3.8, 4) is 22.7 Å². The quantitative estimate of drug-likeness (QED) is 0.470. The zero-order valence-corrected chi connectivity index (χ0v) is 15.4. The number of pyridine rings is 1. The molecule has 0 fully saturated rings. The van der Waals surface area contributed by atoms with Crippen LogP contribution in [0.4, 0.5) is 4.39 Å². The van der Waals surface area contributed by atoms with E-state index in [-0.39, 0.29) is 5.02 Å². The van der Waals surface area contributed by atoms with E-state index in [0.29, 0.717) is 34.2 Å². The molecular formula is C18H13ClFN5OS. The van der Waals surface area contributed by atoms with Crippen LogP contribution >= 0.6 is 23.8 Å². The summed E-state index contributed by atoms with van der Waals surface area (Å²) in [5.74, 6) is 1.44. The molecule has 3 aromatic heterocycles. The molecule has 3 heterocycles. The van der Waals surface area contributed by atoms with Crippen molar-refractivity contribution in [1.29, 1.82) is 0 Å². The number of hydrogen-bond acceptors (Lipinski definition) is 5. The number of halogens is 2. The first-order valence-electron chi connectivity index (χ1n) is 7.97. The van der Waals surface area contributed by atoms with Crippen molar-refractivity contribution in [3.63, 3.8) is 0 Å². The Kier molecular flexibility index (Phi) is 4.74. The highest BCUT2D eigenvalue weighted by atomic mass is 35.5. The Morgan fingerprint density at radius 2 is 1.96 bits per heavy atom. The van der Waals surface area contributed by atoms with Gasteiger partial charge in [0.05, 0.1) is 11.6 Å². The van der Waals surface area contributed by atoms with Gasteiger partial charge in [-0.2, -0.15) is 5.10 Å². The second-order valence-electron chi connectivity index (χ2n) is 5.65. The lowest BCUT2D eigenvalue weighted by Crippen LogP contribution is -2.15. The summed E-state index contributed by atoms with van der Waals surface area (Å²) in [6.45, 7) is 0.376. The van der Waals surface area contributed by atoms with E-state index in [1.807, 2.05) is 18.2 Å². The second kappa shape index (κ2) is 7.34. The van der Waals surface area contributed by atoms with Gasteiger partial charge in [-0.05, 0) is 54.7 Å². The molecule has 0 radical (unpaired) electrons. The Morgan fingerprint density at radius 3 is 2.74 bits per heavy atom. The molecule has 27 heavy (non-hydrogen) atoms. The van der Waals surface area contributed by atoms with E-state index < -0.39 is 5.82 Å². The van der Waals surface area contributed by atoms with E-state index in [1.165, 1.54) is 12.1 Å². The Balaban J connectivity index is 1.54. The molecule has 0 aliphatic rings. The van der Waals surface area contributed by atoms with E-state index in [4.69, 9.17) is 28.2 Å². The molecule has 0 saturated carbocycles. The summed E-state index contributed by atoms with van der Waals surface area (Å²) in [6.07, 6.45) is 3.37. The molecule has 0 bridgehead atoms. The molecule has 0 unspecified atom stereocenters. The van der Waals surface area contributed by atoms with Crippen molar-refractivity contribution in [3.05, 3.63) is 76.2 Å². The van der Waals surface area contributed by atoms with Crippen molar-refractivity contribution in [2.75, 3.05) is 5.43 Å². The van der Waals surface area contributed by atoms with Crippen molar-refractivity contribution >= 4 is 23.8 Å². The molecule has 4 aromatic rings. The summed E-state index contributed by atoms with van der Waals surface area (Å²) < 4.78 is 21.2.